The summed E-state index contributed by atoms with van der Waals surface area (Å²) in [5.41, 5.74) is 0. The van der Waals surface area contributed by atoms with Crippen molar-refractivity contribution in [1.29, 1.82) is 0 Å². The molecule has 1 amide bonds. The van der Waals surface area contributed by atoms with Crippen LogP contribution in [0.4, 0.5) is 5.82 Å². The van der Waals surface area contributed by atoms with E-state index < -0.39 is 0 Å². The molecule has 0 radical (unpaired) electrons. The smallest absolute Gasteiger partial charge is 0.239 e. The van der Waals surface area contributed by atoms with Crippen molar-refractivity contribution in [2.75, 3.05) is 5.32 Å². The summed E-state index contributed by atoms with van der Waals surface area (Å²) >= 11 is 1.57. The fraction of sp³-hybridized carbons (Fsp3) is 0.222. The van der Waals surface area contributed by atoms with Crippen LogP contribution in [-0.2, 0) is 4.79 Å². The molecule has 0 aliphatic rings. The molecule has 2 aromatic carbocycles. The maximum Gasteiger partial charge on any atom is 0.239 e. The second-order valence-electron chi connectivity index (χ2n) is 5.34. The zero-order valence-electron chi connectivity index (χ0n) is 13.1. The molecule has 0 bridgehead atoms. The summed E-state index contributed by atoms with van der Waals surface area (Å²) in [6.45, 7) is 3.80. The highest BCUT2D eigenvalue weighted by Gasteiger charge is 2.19. The normalized spacial score (nSPS) is 12.3. The molecule has 1 aromatic heterocycles. The minimum absolute atomic E-state index is 0.0565. The molecule has 4 nitrogen and oxygen atoms in total. The number of aryl methyl sites for hydroxylation is 1. The van der Waals surface area contributed by atoms with Crippen LogP contribution in [0.3, 0.4) is 0 Å². The van der Waals surface area contributed by atoms with Crippen molar-refractivity contribution < 1.29 is 9.32 Å². The van der Waals surface area contributed by atoms with Gasteiger partial charge in [0.1, 0.15) is 5.76 Å². The van der Waals surface area contributed by atoms with E-state index in [9.17, 15) is 4.79 Å². The Labute approximate surface area is 139 Å². The maximum absolute atomic E-state index is 12.4. The number of hydrogen-bond acceptors (Lipinski definition) is 4. The van der Waals surface area contributed by atoms with Crippen LogP contribution in [0, 0.1) is 6.92 Å². The van der Waals surface area contributed by atoms with Gasteiger partial charge in [-0.25, -0.2) is 0 Å². The van der Waals surface area contributed by atoms with E-state index in [1.54, 1.807) is 24.8 Å². The van der Waals surface area contributed by atoms with E-state index in [4.69, 9.17) is 4.52 Å². The summed E-state index contributed by atoms with van der Waals surface area (Å²) < 4.78 is 4.97. The Balaban J connectivity index is 1.73. The number of benzene rings is 2. The Morgan fingerprint density at radius 2 is 2.00 bits per heavy atom. The summed E-state index contributed by atoms with van der Waals surface area (Å²) in [5, 5.41) is 8.82. The lowest BCUT2D eigenvalue weighted by Gasteiger charge is -2.13. The molecule has 3 aromatic rings. The molecular formula is C18H18N2O2S. The monoisotopic (exact) mass is 326 g/mol. The van der Waals surface area contributed by atoms with Gasteiger partial charge in [-0.2, -0.15) is 0 Å². The van der Waals surface area contributed by atoms with E-state index in [0.717, 1.165) is 11.3 Å². The molecule has 0 fully saturated rings. The third-order valence-corrected chi connectivity index (χ3v) is 4.90. The van der Waals surface area contributed by atoms with Crippen LogP contribution in [0.15, 0.2) is 57.9 Å². The molecule has 0 aliphatic carbocycles. The highest BCUT2D eigenvalue weighted by atomic mass is 32.2. The molecule has 1 N–H and O–H groups in total. The average molecular weight is 326 g/mol. The number of aromatic nitrogens is 1. The molecular weight excluding hydrogens is 308 g/mol. The van der Waals surface area contributed by atoms with Crippen molar-refractivity contribution in [2.24, 2.45) is 0 Å². The lowest BCUT2D eigenvalue weighted by Crippen LogP contribution is -2.24. The minimum Gasteiger partial charge on any atom is -0.360 e. The van der Waals surface area contributed by atoms with Gasteiger partial charge >= 0.3 is 0 Å². The number of nitrogens with one attached hydrogen (secondary N) is 1. The second kappa shape index (κ2) is 6.87. The van der Waals surface area contributed by atoms with Gasteiger partial charge in [0.25, 0.3) is 0 Å². The van der Waals surface area contributed by atoms with E-state index in [1.807, 2.05) is 19.1 Å². The number of anilines is 1. The molecule has 1 heterocycles. The van der Waals surface area contributed by atoms with Crippen molar-refractivity contribution in [3.63, 3.8) is 0 Å². The fourth-order valence-electron chi connectivity index (χ4n) is 2.36. The summed E-state index contributed by atoms with van der Waals surface area (Å²) in [4.78, 5) is 13.5. The van der Waals surface area contributed by atoms with Gasteiger partial charge in [-0.3, -0.25) is 4.79 Å². The Hall–Kier alpha value is -2.27. The third-order valence-electron chi connectivity index (χ3n) is 3.54. The van der Waals surface area contributed by atoms with Crippen LogP contribution in [0.5, 0.6) is 0 Å². The Morgan fingerprint density at radius 1 is 1.22 bits per heavy atom. The molecule has 0 saturated carbocycles. The summed E-state index contributed by atoms with van der Waals surface area (Å²) in [6.07, 6.45) is 0.736. The molecule has 5 heteroatoms. The number of thioether (sulfide) groups is 1. The average Bonchev–Trinajstić information content (AvgIpc) is 2.97. The van der Waals surface area contributed by atoms with Gasteiger partial charge in [-0.05, 0) is 36.2 Å². The van der Waals surface area contributed by atoms with Gasteiger partial charge in [0.15, 0.2) is 5.82 Å². The van der Waals surface area contributed by atoms with Gasteiger partial charge in [0.2, 0.25) is 5.91 Å². The number of fused-ring (bicyclic) bond motifs is 1. The maximum atomic E-state index is 12.4. The Morgan fingerprint density at radius 3 is 2.70 bits per heavy atom. The van der Waals surface area contributed by atoms with E-state index in [1.165, 1.54) is 10.8 Å². The van der Waals surface area contributed by atoms with Crippen LogP contribution in [-0.4, -0.2) is 16.3 Å². The molecule has 0 saturated heterocycles. The van der Waals surface area contributed by atoms with Crippen LogP contribution < -0.4 is 5.32 Å². The number of nitrogens with zero attached hydrogens (tertiary/aromatic N) is 1. The quantitative estimate of drug-likeness (QED) is 0.694. The SMILES string of the molecule is CCC(Sc1ccc2ccccc2c1)C(=O)Nc1cc(C)on1. The number of carbonyl (C=O) groups is 1. The summed E-state index contributed by atoms with van der Waals surface area (Å²) in [6, 6.07) is 16.2. The van der Waals surface area contributed by atoms with E-state index in [-0.39, 0.29) is 11.2 Å². The third kappa shape index (κ3) is 3.74. The van der Waals surface area contributed by atoms with Crippen molar-refractivity contribution in [3.05, 3.63) is 54.3 Å². The number of rotatable bonds is 5. The van der Waals surface area contributed by atoms with Gasteiger partial charge in [-0.1, -0.05) is 42.4 Å². The van der Waals surface area contributed by atoms with Crippen LogP contribution >= 0.6 is 11.8 Å². The van der Waals surface area contributed by atoms with Crippen LogP contribution in [0.2, 0.25) is 0 Å². The number of hydrogen-bond donors (Lipinski definition) is 1. The first-order chi connectivity index (χ1) is 11.2. The number of carbonyl (C=O) groups excluding carboxylic acids is 1. The summed E-state index contributed by atoms with van der Waals surface area (Å²) in [7, 11) is 0. The zero-order valence-corrected chi connectivity index (χ0v) is 13.9. The van der Waals surface area contributed by atoms with Crippen molar-refractivity contribution >= 4 is 34.3 Å². The second-order valence-corrected chi connectivity index (χ2v) is 6.61. The van der Waals surface area contributed by atoms with Gasteiger partial charge in [0, 0.05) is 11.0 Å². The first-order valence-corrected chi connectivity index (χ1v) is 8.43. The molecule has 3 rings (SSSR count). The number of amides is 1. The summed E-state index contributed by atoms with van der Waals surface area (Å²) in [5.74, 6) is 1.08. The standard InChI is InChI=1S/C18H18N2O2S/c1-3-16(18(21)19-17-10-12(2)22-20-17)23-15-9-8-13-6-4-5-7-14(13)11-15/h4-11,16H,3H2,1-2H3,(H,19,20,21). The zero-order chi connectivity index (χ0) is 16.2. The lowest BCUT2D eigenvalue weighted by atomic mass is 10.1. The predicted molar refractivity (Wildman–Crippen MR) is 93.8 cm³/mol. The van der Waals surface area contributed by atoms with Crippen molar-refractivity contribution in [3.8, 4) is 0 Å². The molecule has 1 unspecified atom stereocenters. The van der Waals surface area contributed by atoms with Crippen molar-refractivity contribution in [2.45, 2.75) is 30.4 Å². The van der Waals surface area contributed by atoms with Gasteiger partial charge < -0.3 is 9.84 Å². The fourth-order valence-corrected chi connectivity index (χ4v) is 3.36. The predicted octanol–water partition coefficient (Wildman–Crippen LogP) is 4.65. The van der Waals surface area contributed by atoms with Crippen molar-refractivity contribution in [1.82, 2.24) is 5.16 Å². The van der Waals surface area contributed by atoms with E-state index in [2.05, 4.69) is 40.8 Å². The van der Waals surface area contributed by atoms with Gasteiger partial charge in [0.05, 0.1) is 5.25 Å². The van der Waals surface area contributed by atoms with Crippen LogP contribution in [0.25, 0.3) is 10.8 Å². The van der Waals surface area contributed by atoms with Crippen LogP contribution in [0.1, 0.15) is 19.1 Å². The Kier molecular flexibility index (Phi) is 4.67. The van der Waals surface area contributed by atoms with Gasteiger partial charge in [-0.15, -0.1) is 11.8 Å². The molecule has 23 heavy (non-hydrogen) atoms. The molecule has 1 atom stereocenters. The minimum atomic E-state index is -0.173. The first kappa shape index (κ1) is 15.6. The molecule has 0 aliphatic heterocycles. The lowest BCUT2D eigenvalue weighted by molar-refractivity contribution is -0.115. The largest absolute Gasteiger partial charge is 0.360 e. The van der Waals surface area contributed by atoms with E-state index in [0.29, 0.717) is 11.6 Å². The van der Waals surface area contributed by atoms with E-state index >= 15 is 0 Å². The highest BCUT2D eigenvalue weighted by Crippen LogP contribution is 2.29. The highest BCUT2D eigenvalue weighted by molar-refractivity contribution is 8.00. The Bertz CT molecular complexity index is 829. The molecule has 0 spiro atoms. The molecule has 118 valence electrons. The topological polar surface area (TPSA) is 55.1 Å². The first-order valence-electron chi connectivity index (χ1n) is 7.55.